The first-order valence-electron chi connectivity index (χ1n) is 18.5. The van der Waals surface area contributed by atoms with Crippen molar-refractivity contribution in [1.29, 1.82) is 0 Å². The largest absolute Gasteiger partial charge is 0.265 e. The lowest BCUT2D eigenvalue weighted by atomic mass is 9.88. The molecule has 0 unspecified atom stereocenters. The molecular weight excluding hydrogens is 641 g/mol. The summed E-state index contributed by atoms with van der Waals surface area (Å²) >= 11 is 0. The molecule has 2 heteroatoms. The number of hydrogen-bond donors (Lipinski definition) is 0. The monoisotopic (exact) mass is 682 g/mol. The molecule has 7 aromatic rings. The Balaban J connectivity index is 1.13. The Morgan fingerprint density at radius 3 is 2.11 bits per heavy atom. The first-order chi connectivity index (χ1) is 26.1. The summed E-state index contributed by atoms with van der Waals surface area (Å²) < 4.78 is 0. The van der Waals surface area contributed by atoms with E-state index in [2.05, 4.69) is 171 Å². The van der Waals surface area contributed by atoms with Crippen molar-refractivity contribution in [3.63, 3.8) is 0 Å². The zero-order valence-corrected chi connectivity index (χ0v) is 30.4. The second-order valence-electron chi connectivity index (χ2n) is 13.8. The average molecular weight is 683 g/mol. The van der Waals surface area contributed by atoms with E-state index in [-0.39, 0.29) is 0 Å². The van der Waals surface area contributed by atoms with Crippen LogP contribution in [0.3, 0.4) is 0 Å². The molecule has 0 aliphatic heterocycles. The van der Waals surface area contributed by atoms with E-state index in [9.17, 15) is 0 Å². The summed E-state index contributed by atoms with van der Waals surface area (Å²) in [4.78, 5) is 9.04. The minimum atomic E-state index is 0.904. The molecule has 1 aliphatic carbocycles. The van der Waals surface area contributed by atoms with Gasteiger partial charge in [0.15, 0.2) is 0 Å². The number of allylic oxidation sites excluding steroid dienone is 7. The minimum absolute atomic E-state index is 0.904. The molecule has 0 spiro atoms. The molecule has 0 saturated carbocycles. The third-order valence-electron chi connectivity index (χ3n) is 10.4. The van der Waals surface area contributed by atoms with E-state index in [0.717, 1.165) is 30.3 Å². The molecule has 53 heavy (non-hydrogen) atoms. The van der Waals surface area contributed by atoms with Crippen LogP contribution in [0.5, 0.6) is 0 Å². The zero-order chi connectivity index (χ0) is 36.1. The van der Waals surface area contributed by atoms with Gasteiger partial charge in [0.25, 0.3) is 0 Å². The van der Waals surface area contributed by atoms with Crippen LogP contribution in [0.15, 0.2) is 176 Å². The number of fused-ring (bicyclic) bond motifs is 3. The Morgan fingerprint density at radius 1 is 0.642 bits per heavy atom. The van der Waals surface area contributed by atoms with Crippen LogP contribution in [0.4, 0.5) is 5.69 Å². The molecule has 0 bridgehead atoms. The predicted octanol–water partition coefficient (Wildman–Crippen LogP) is 14.0. The third-order valence-corrected chi connectivity index (χ3v) is 10.4. The van der Waals surface area contributed by atoms with Crippen LogP contribution in [0, 0.1) is 6.92 Å². The van der Waals surface area contributed by atoms with E-state index < -0.39 is 0 Å². The van der Waals surface area contributed by atoms with E-state index in [1.54, 1.807) is 12.3 Å². The maximum atomic E-state index is 4.80. The normalized spacial score (nSPS) is 13.2. The summed E-state index contributed by atoms with van der Waals surface area (Å²) in [5.74, 6) is 0. The van der Waals surface area contributed by atoms with Gasteiger partial charge in [-0.25, -0.2) is 0 Å². The highest BCUT2D eigenvalue weighted by molar-refractivity contribution is 6.15. The topological polar surface area (TPSA) is 25.2 Å². The number of aliphatic imine (C=N–C) groups is 1. The standard InChI is InChI=1S/C51H42N2/c1-4-6-12-36-28-45(37-23-26-52-27-24-37)33-46(29-36)43-18-11-16-41(32-43)39-14-9-13-38(30-39)40-15-10-17-42(31-40)44-21-22-49-50(34-44)48-20-8-7-19-47(48)35(3)51(49)53-25-5-2/h4-8,10-11,13,15-34H,2,9,12,14H2,1,3H3/b6-4-,53-25?. The highest BCUT2D eigenvalue weighted by Crippen LogP contribution is 2.40. The number of nitrogens with zero attached hydrogens (tertiary/aromatic N) is 2. The number of benzene rings is 6. The maximum absolute atomic E-state index is 4.80. The van der Waals surface area contributed by atoms with Gasteiger partial charge in [0, 0.05) is 24.0 Å². The Bertz CT molecular complexity index is 2620. The molecule has 8 rings (SSSR count). The van der Waals surface area contributed by atoms with Gasteiger partial charge in [-0.2, -0.15) is 0 Å². The summed E-state index contributed by atoms with van der Waals surface area (Å²) in [5, 5.41) is 4.84. The van der Waals surface area contributed by atoms with Crippen molar-refractivity contribution < 1.29 is 0 Å². The quantitative estimate of drug-likeness (QED) is 0.0845. The zero-order valence-electron chi connectivity index (χ0n) is 30.4. The van der Waals surface area contributed by atoms with Crippen LogP contribution in [0.2, 0.25) is 0 Å². The van der Waals surface area contributed by atoms with Crippen molar-refractivity contribution in [3.8, 4) is 33.4 Å². The molecule has 2 nitrogen and oxygen atoms in total. The fourth-order valence-electron chi connectivity index (χ4n) is 7.67. The number of hydrogen-bond acceptors (Lipinski definition) is 2. The molecule has 0 saturated heterocycles. The van der Waals surface area contributed by atoms with Crippen molar-refractivity contribution in [3.05, 3.63) is 193 Å². The molecule has 1 aliphatic rings. The first kappa shape index (κ1) is 33.7. The van der Waals surface area contributed by atoms with E-state index in [4.69, 9.17) is 4.99 Å². The van der Waals surface area contributed by atoms with Gasteiger partial charge in [-0.3, -0.25) is 9.98 Å². The number of pyridine rings is 1. The third kappa shape index (κ3) is 6.97. The maximum Gasteiger partial charge on any atom is 0.0743 e. The van der Waals surface area contributed by atoms with Crippen molar-refractivity contribution in [2.45, 2.75) is 33.1 Å². The molecule has 1 heterocycles. The van der Waals surface area contributed by atoms with E-state index in [0.29, 0.717) is 0 Å². The van der Waals surface area contributed by atoms with Crippen LogP contribution in [0.1, 0.15) is 42.0 Å². The van der Waals surface area contributed by atoms with E-state index in [1.165, 1.54) is 82.9 Å². The lowest BCUT2D eigenvalue weighted by Crippen LogP contribution is -1.94. The SMILES string of the molecule is C=CC=Nc1c(C)c2ccccc2c2cc(-c3cccc(C4=CCCC(c5cccc(-c6cc(C/C=C\C)cc(-c7ccncc7)c6)c5)=C4)c3)ccc12. The lowest BCUT2D eigenvalue weighted by Gasteiger charge is -2.17. The molecular formula is C51H42N2. The van der Waals surface area contributed by atoms with Gasteiger partial charge in [-0.05, 0) is 152 Å². The lowest BCUT2D eigenvalue weighted by molar-refractivity contribution is 1.06. The number of aryl methyl sites for hydroxylation is 1. The van der Waals surface area contributed by atoms with Gasteiger partial charge in [0.1, 0.15) is 0 Å². The summed E-state index contributed by atoms with van der Waals surface area (Å²) in [6.45, 7) is 8.09. The van der Waals surface area contributed by atoms with Gasteiger partial charge in [-0.15, -0.1) is 0 Å². The van der Waals surface area contributed by atoms with Crippen LogP contribution >= 0.6 is 0 Å². The summed E-state index contributed by atoms with van der Waals surface area (Å²) in [6, 6.07) is 44.6. The minimum Gasteiger partial charge on any atom is -0.265 e. The smallest absolute Gasteiger partial charge is 0.0743 e. The Kier molecular flexibility index (Phi) is 9.60. The van der Waals surface area contributed by atoms with Gasteiger partial charge in [-0.1, -0.05) is 122 Å². The van der Waals surface area contributed by atoms with Crippen LogP contribution in [0.25, 0.3) is 66.1 Å². The molecule has 0 fully saturated rings. The Labute approximate surface area is 312 Å². The van der Waals surface area contributed by atoms with Crippen LogP contribution in [-0.4, -0.2) is 11.2 Å². The average Bonchev–Trinajstić information content (AvgIpc) is 3.23. The van der Waals surface area contributed by atoms with Crippen LogP contribution in [-0.2, 0) is 6.42 Å². The summed E-state index contributed by atoms with van der Waals surface area (Å²) in [6.07, 6.45) is 19.3. The van der Waals surface area contributed by atoms with Crippen LogP contribution < -0.4 is 0 Å². The molecule has 0 amide bonds. The predicted molar refractivity (Wildman–Crippen MR) is 229 cm³/mol. The second-order valence-corrected chi connectivity index (χ2v) is 13.8. The molecule has 1 aromatic heterocycles. The highest BCUT2D eigenvalue weighted by atomic mass is 14.7. The number of rotatable bonds is 9. The Hall–Kier alpha value is -6.38. The van der Waals surface area contributed by atoms with Gasteiger partial charge < -0.3 is 0 Å². The van der Waals surface area contributed by atoms with E-state index >= 15 is 0 Å². The van der Waals surface area contributed by atoms with Gasteiger partial charge in [0.2, 0.25) is 0 Å². The summed E-state index contributed by atoms with van der Waals surface area (Å²) in [7, 11) is 0. The van der Waals surface area contributed by atoms with Gasteiger partial charge in [0.05, 0.1) is 5.69 Å². The second kappa shape index (κ2) is 15.1. The fourth-order valence-corrected chi connectivity index (χ4v) is 7.67. The van der Waals surface area contributed by atoms with Crippen molar-refractivity contribution in [1.82, 2.24) is 4.98 Å². The molecule has 0 atom stereocenters. The molecule has 6 aromatic carbocycles. The molecule has 0 radical (unpaired) electrons. The Morgan fingerprint density at radius 2 is 1.32 bits per heavy atom. The van der Waals surface area contributed by atoms with E-state index in [1.807, 2.05) is 12.4 Å². The highest BCUT2D eigenvalue weighted by Gasteiger charge is 2.15. The number of aromatic nitrogens is 1. The molecule has 256 valence electrons. The van der Waals surface area contributed by atoms with Crippen molar-refractivity contribution in [2.24, 2.45) is 4.99 Å². The van der Waals surface area contributed by atoms with Gasteiger partial charge >= 0.3 is 0 Å². The first-order valence-corrected chi connectivity index (χ1v) is 18.5. The fraction of sp³-hybridized carbons (Fsp3) is 0.0980. The van der Waals surface area contributed by atoms with Crippen molar-refractivity contribution >= 4 is 44.6 Å². The van der Waals surface area contributed by atoms with Crippen molar-refractivity contribution in [2.75, 3.05) is 0 Å². The molecule has 0 N–H and O–H groups in total. The summed E-state index contributed by atoms with van der Waals surface area (Å²) in [5.41, 5.74) is 15.9.